The number of unbranched alkanes of at least 4 members (excludes halogenated alkanes) is 11. The van der Waals surface area contributed by atoms with Crippen LogP contribution >= 0.6 is 23.2 Å². The van der Waals surface area contributed by atoms with Gasteiger partial charge in [0.1, 0.15) is 3.96 Å². The molecule has 0 fully saturated rings. The molecule has 0 saturated heterocycles. The molecule has 0 bridgehead atoms. The van der Waals surface area contributed by atoms with E-state index in [0.717, 1.165) is 6.42 Å². The molecule has 22 heavy (non-hydrogen) atoms. The molecule has 0 aromatic rings. The van der Waals surface area contributed by atoms with E-state index in [2.05, 4.69) is 20.4 Å². The van der Waals surface area contributed by atoms with Crippen molar-refractivity contribution in [3.05, 3.63) is 0 Å². The second-order valence-corrected chi connectivity index (χ2v) is 11.9. The van der Waals surface area contributed by atoms with Crippen LogP contribution in [-0.4, -0.2) is 12.8 Å². The molecule has 0 heterocycles. The van der Waals surface area contributed by atoms with Crippen LogP contribution < -0.4 is 0 Å². The highest BCUT2D eigenvalue weighted by molar-refractivity contribution is 6.82. The minimum Gasteiger partial charge on any atom is -0.106 e. The monoisotopic (exact) mass is 365 g/mol. The lowest BCUT2D eigenvalue weighted by Crippen LogP contribution is -2.32. The molecule has 0 spiro atoms. The van der Waals surface area contributed by atoms with Crippen molar-refractivity contribution in [3.63, 3.8) is 0 Å². The highest BCUT2D eigenvalue weighted by atomic mass is 35.5. The van der Waals surface area contributed by atoms with Crippen LogP contribution in [0.2, 0.25) is 12.6 Å². The molecule has 0 nitrogen and oxygen atoms in total. The largest absolute Gasteiger partial charge is 0.106 e. The smallest absolute Gasteiger partial charge is 0.105 e. The first-order chi connectivity index (χ1) is 10.5. The van der Waals surface area contributed by atoms with Crippen molar-refractivity contribution in [2.45, 2.75) is 120 Å². The molecule has 1 radical (unpaired) electrons. The van der Waals surface area contributed by atoms with Gasteiger partial charge >= 0.3 is 0 Å². The fourth-order valence-electron chi connectivity index (χ4n) is 2.87. The second kappa shape index (κ2) is 15.3. The Morgan fingerprint density at radius 2 is 1.05 bits per heavy atom. The Bertz CT molecular complexity index is 231. The number of rotatable bonds is 16. The maximum absolute atomic E-state index is 6.61. The minimum absolute atomic E-state index is 0.405. The third-order valence-corrected chi connectivity index (χ3v) is 9.54. The van der Waals surface area contributed by atoms with Crippen molar-refractivity contribution in [1.29, 1.82) is 0 Å². The lowest BCUT2D eigenvalue weighted by atomic mass is 10.1. The Labute approximate surface area is 152 Å². The molecule has 0 aliphatic carbocycles. The third kappa shape index (κ3) is 13.3. The molecule has 3 heteroatoms. The maximum Gasteiger partial charge on any atom is 0.105 e. The van der Waals surface area contributed by atoms with Crippen LogP contribution in [0.1, 0.15) is 104 Å². The van der Waals surface area contributed by atoms with Gasteiger partial charge in [-0.2, -0.15) is 0 Å². The molecule has 0 aliphatic heterocycles. The summed E-state index contributed by atoms with van der Waals surface area (Å²) in [6, 6.07) is 1.28. The summed E-state index contributed by atoms with van der Waals surface area (Å²) in [4.78, 5) is 0. The van der Waals surface area contributed by atoms with Crippen LogP contribution in [0.3, 0.4) is 0 Å². The average molecular weight is 367 g/mol. The van der Waals surface area contributed by atoms with E-state index in [4.69, 9.17) is 23.2 Å². The molecule has 0 aromatic carbocycles. The fourth-order valence-corrected chi connectivity index (χ4v) is 5.45. The van der Waals surface area contributed by atoms with E-state index in [1.807, 2.05) is 0 Å². The van der Waals surface area contributed by atoms with Gasteiger partial charge in [-0.25, -0.2) is 0 Å². The molecule has 0 amide bonds. The van der Waals surface area contributed by atoms with Crippen LogP contribution in [0.4, 0.5) is 0 Å². The average Bonchev–Trinajstić information content (AvgIpc) is 2.49. The number of alkyl halides is 2. The van der Waals surface area contributed by atoms with Crippen LogP contribution in [0, 0.1) is 0 Å². The van der Waals surface area contributed by atoms with E-state index in [1.165, 1.54) is 89.5 Å². The molecule has 0 atom stereocenters. The molecule has 0 saturated carbocycles. The standard InChI is InChI=1S/C19H39Cl2Si/c1-4-6-8-10-11-12-14-16-18-22(3)19(20,21)17-15-13-9-7-5-2/h4-18H2,1-3H3. The maximum atomic E-state index is 6.61. The molecule has 0 rings (SSSR count). The number of hydrogen-bond donors (Lipinski definition) is 0. The first-order valence-corrected chi connectivity index (χ1v) is 12.7. The number of halogens is 2. The molecular formula is C19H39Cl2Si. The molecule has 0 N–H and O–H groups in total. The summed E-state index contributed by atoms with van der Waals surface area (Å²) in [5.41, 5.74) is 0. The summed E-state index contributed by atoms with van der Waals surface area (Å²) in [6.07, 6.45) is 18.6. The predicted molar refractivity (Wildman–Crippen MR) is 107 cm³/mol. The van der Waals surface area contributed by atoms with Gasteiger partial charge in [-0.05, 0) is 6.42 Å². The Morgan fingerprint density at radius 1 is 0.636 bits per heavy atom. The fraction of sp³-hybridized carbons (Fsp3) is 1.00. The Morgan fingerprint density at radius 3 is 1.55 bits per heavy atom. The Kier molecular flexibility index (Phi) is 15.9. The second-order valence-electron chi connectivity index (χ2n) is 6.87. The molecule has 0 unspecified atom stereocenters. The third-order valence-electron chi connectivity index (χ3n) is 4.62. The van der Waals surface area contributed by atoms with Gasteiger partial charge in [-0.1, -0.05) is 110 Å². The van der Waals surface area contributed by atoms with Crippen molar-refractivity contribution in [3.8, 4) is 0 Å². The van der Waals surface area contributed by atoms with E-state index in [-0.39, 0.29) is 0 Å². The van der Waals surface area contributed by atoms with Gasteiger partial charge in [0.15, 0.2) is 0 Å². The molecule has 0 aromatic heterocycles. The SMILES string of the molecule is CCCCCCCCCC[Si](C)C(Cl)(Cl)CCCCCCC. The van der Waals surface area contributed by atoms with Gasteiger partial charge in [0.2, 0.25) is 0 Å². The van der Waals surface area contributed by atoms with Crippen molar-refractivity contribution in [1.82, 2.24) is 0 Å². The van der Waals surface area contributed by atoms with Crippen molar-refractivity contribution in [2.75, 3.05) is 0 Å². The van der Waals surface area contributed by atoms with Gasteiger partial charge in [0.05, 0.1) is 8.80 Å². The first kappa shape index (κ1) is 22.8. The van der Waals surface area contributed by atoms with Gasteiger partial charge < -0.3 is 0 Å². The zero-order valence-electron chi connectivity index (χ0n) is 15.4. The summed E-state index contributed by atoms with van der Waals surface area (Å²) < 4.78 is -0.405. The van der Waals surface area contributed by atoms with Crippen LogP contribution in [0.15, 0.2) is 0 Å². The highest BCUT2D eigenvalue weighted by Crippen LogP contribution is 2.33. The zero-order valence-corrected chi connectivity index (χ0v) is 17.9. The quantitative estimate of drug-likeness (QED) is 0.146. The molecular weight excluding hydrogens is 327 g/mol. The topological polar surface area (TPSA) is 0 Å². The van der Waals surface area contributed by atoms with Crippen molar-refractivity contribution < 1.29 is 0 Å². The lowest BCUT2D eigenvalue weighted by molar-refractivity contribution is 0.583. The summed E-state index contributed by atoms with van der Waals surface area (Å²) in [6.45, 7) is 6.86. The van der Waals surface area contributed by atoms with Crippen LogP contribution in [0.5, 0.6) is 0 Å². The van der Waals surface area contributed by atoms with Gasteiger partial charge in [-0.15, -0.1) is 23.2 Å². The van der Waals surface area contributed by atoms with Crippen LogP contribution in [-0.2, 0) is 0 Å². The van der Waals surface area contributed by atoms with E-state index in [0.29, 0.717) is 0 Å². The van der Waals surface area contributed by atoms with Gasteiger partial charge in [0.25, 0.3) is 0 Å². The summed E-state index contributed by atoms with van der Waals surface area (Å²) in [5, 5.41) is 0. The molecule has 133 valence electrons. The molecule has 0 aliphatic rings. The Hall–Kier alpha value is 0.797. The minimum atomic E-state index is -0.628. The van der Waals surface area contributed by atoms with Gasteiger partial charge in [-0.3, -0.25) is 0 Å². The lowest BCUT2D eigenvalue weighted by Gasteiger charge is -2.25. The number of hydrogen-bond acceptors (Lipinski definition) is 0. The van der Waals surface area contributed by atoms with Crippen molar-refractivity contribution >= 4 is 32.0 Å². The van der Waals surface area contributed by atoms with Crippen LogP contribution in [0.25, 0.3) is 0 Å². The normalized spacial score (nSPS) is 12.3. The summed E-state index contributed by atoms with van der Waals surface area (Å²) >= 11 is 13.2. The van der Waals surface area contributed by atoms with E-state index in [1.54, 1.807) is 0 Å². The van der Waals surface area contributed by atoms with E-state index < -0.39 is 12.8 Å². The van der Waals surface area contributed by atoms with Gasteiger partial charge in [0, 0.05) is 0 Å². The Balaban J connectivity index is 3.56. The summed E-state index contributed by atoms with van der Waals surface area (Å²) in [5.74, 6) is 0. The summed E-state index contributed by atoms with van der Waals surface area (Å²) in [7, 11) is -0.628. The van der Waals surface area contributed by atoms with E-state index in [9.17, 15) is 0 Å². The van der Waals surface area contributed by atoms with Crippen molar-refractivity contribution in [2.24, 2.45) is 0 Å². The first-order valence-electron chi connectivity index (χ1n) is 9.75. The van der Waals surface area contributed by atoms with E-state index >= 15 is 0 Å². The highest BCUT2D eigenvalue weighted by Gasteiger charge is 2.31. The zero-order chi connectivity index (χ0) is 16.7. The predicted octanol–water partition coefficient (Wildman–Crippen LogP) is 8.33.